The average molecular weight is 326 g/mol. The van der Waals surface area contributed by atoms with Crippen molar-refractivity contribution in [2.24, 2.45) is 5.92 Å². The number of hydrogen-bond acceptors (Lipinski definition) is 4. The van der Waals surface area contributed by atoms with Crippen LogP contribution in [0.3, 0.4) is 0 Å². The molecule has 0 saturated carbocycles. The van der Waals surface area contributed by atoms with E-state index in [4.69, 9.17) is 0 Å². The lowest BCUT2D eigenvalue weighted by molar-refractivity contribution is 0.455. The number of pyridine rings is 1. The zero-order valence-corrected chi connectivity index (χ0v) is 14.5. The maximum absolute atomic E-state index is 10.8. The first-order valence-corrected chi connectivity index (χ1v) is 8.80. The molecule has 1 unspecified atom stereocenters. The molecule has 1 atom stereocenters. The smallest absolute Gasteiger partial charge is 0.146 e. The Balaban J connectivity index is 2.08. The Morgan fingerprint density at radius 2 is 1.96 bits per heavy atom. The van der Waals surface area contributed by atoms with Gasteiger partial charge in [0.25, 0.3) is 0 Å². The predicted molar refractivity (Wildman–Crippen MR) is 97.1 cm³/mol. The van der Waals surface area contributed by atoms with Gasteiger partial charge >= 0.3 is 0 Å². The number of aromatic hydroxyl groups is 1. The number of phenols is 1. The van der Waals surface area contributed by atoms with Crippen molar-refractivity contribution in [2.45, 2.75) is 26.8 Å². The van der Waals surface area contributed by atoms with Crippen molar-refractivity contribution in [1.82, 2.24) is 10.3 Å². The Kier molecular flexibility index (Phi) is 4.64. The summed E-state index contributed by atoms with van der Waals surface area (Å²) in [6.45, 7) is 7.20. The molecule has 0 aliphatic rings. The number of nitrogens with one attached hydrogen (secondary N) is 1. The van der Waals surface area contributed by atoms with Gasteiger partial charge in [-0.25, -0.2) is 4.98 Å². The second-order valence-electron chi connectivity index (χ2n) is 6.28. The van der Waals surface area contributed by atoms with Crippen LogP contribution in [-0.2, 0) is 0 Å². The summed E-state index contributed by atoms with van der Waals surface area (Å²) in [6.07, 6.45) is 0. The Labute approximate surface area is 141 Å². The van der Waals surface area contributed by atoms with Crippen LogP contribution in [0.2, 0.25) is 0 Å². The molecule has 0 bridgehead atoms. The number of rotatable bonds is 5. The summed E-state index contributed by atoms with van der Waals surface area (Å²) in [6, 6.07) is 12.2. The molecule has 3 aromatic rings. The quantitative estimate of drug-likeness (QED) is 0.717. The third-order valence-corrected chi connectivity index (χ3v) is 4.81. The van der Waals surface area contributed by atoms with Crippen LogP contribution in [0.15, 0.2) is 41.8 Å². The molecule has 0 radical (unpaired) electrons. The highest BCUT2D eigenvalue weighted by atomic mass is 32.1. The first-order chi connectivity index (χ1) is 11.1. The highest BCUT2D eigenvalue weighted by Gasteiger charge is 2.20. The van der Waals surface area contributed by atoms with Crippen LogP contribution in [-0.4, -0.2) is 16.6 Å². The monoisotopic (exact) mass is 326 g/mol. The number of aryl methyl sites for hydroxylation is 1. The van der Waals surface area contributed by atoms with E-state index < -0.39 is 0 Å². The molecular formula is C19H22N2OS. The predicted octanol–water partition coefficient (Wildman–Crippen LogP) is 4.65. The summed E-state index contributed by atoms with van der Waals surface area (Å²) in [4.78, 5) is 5.72. The lowest BCUT2D eigenvalue weighted by Crippen LogP contribution is -2.25. The molecular weight excluding hydrogens is 304 g/mol. The largest absolute Gasteiger partial charge is 0.505 e. The fourth-order valence-electron chi connectivity index (χ4n) is 2.69. The number of thiophene rings is 1. The maximum Gasteiger partial charge on any atom is 0.146 e. The second-order valence-corrected chi connectivity index (χ2v) is 7.26. The van der Waals surface area contributed by atoms with Gasteiger partial charge in [0.2, 0.25) is 0 Å². The normalized spacial score (nSPS) is 12.9. The highest BCUT2D eigenvalue weighted by molar-refractivity contribution is 7.10. The van der Waals surface area contributed by atoms with E-state index in [1.54, 1.807) is 11.3 Å². The van der Waals surface area contributed by atoms with Crippen molar-refractivity contribution in [2.75, 3.05) is 6.54 Å². The fraction of sp³-hybridized carbons (Fsp3) is 0.316. The molecule has 0 aliphatic heterocycles. The molecule has 0 saturated heterocycles. The van der Waals surface area contributed by atoms with Gasteiger partial charge in [0, 0.05) is 21.5 Å². The zero-order valence-electron chi connectivity index (χ0n) is 13.7. The van der Waals surface area contributed by atoms with Crippen LogP contribution >= 0.6 is 11.3 Å². The molecule has 2 N–H and O–H groups in total. The van der Waals surface area contributed by atoms with Crippen molar-refractivity contribution in [3.05, 3.63) is 57.9 Å². The Hall–Kier alpha value is -1.91. The number of nitrogens with zero attached hydrogens (tertiary/aromatic N) is 1. The van der Waals surface area contributed by atoms with E-state index >= 15 is 0 Å². The number of fused-ring (bicyclic) bond motifs is 1. The fourth-order valence-corrected chi connectivity index (χ4v) is 3.51. The van der Waals surface area contributed by atoms with Gasteiger partial charge in [-0.3, -0.25) is 0 Å². The van der Waals surface area contributed by atoms with E-state index in [9.17, 15) is 5.11 Å². The minimum atomic E-state index is -0.0101. The zero-order chi connectivity index (χ0) is 16.4. The van der Waals surface area contributed by atoms with E-state index in [0.29, 0.717) is 11.4 Å². The standard InChI is InChI=1S/C19H22N2OS/c1-12(2)11-20-18(16-5-4-10-23-16)15-9-8-14-7-6-13(3)21-17(14)19(15)22/h4-10,12,18,20,22H,11H2,1-3H3. The molecule has 0 amide bonds. The van der Waals surface area contributed by atoms with Gasteiger partial charge in [-0.2, -0.15) is 0 Å². The third kappa shape index (κ3) is 3.38. The summed E-state index contributed by atoms with van der Waals surface area (Å²) in [5, 5.41) is 17.4. The summed E-state index contributed by atoms with van der Waals surface area (Å²) < 4.78 is 0. The SMILES string of the molecule is Cc1ccc2ccc(C(NCC(C)C)c3cccs3)c(O)c2n1. The first kappa shape index (κ1) is 16.0. The minimum absolute atomic E-state index is 0.0101. The molecule has 2 heterocycles. The van der Waals surface area contributed by atoms with Crippen LogP contribution in [0, 0.1) is 12.8 Å². The van der Waals surface area contributed by atoms with Crippen LogP contribution in [0.25, 0.3) is 10.9 Å². The number of hydrogen-bond donors (Lipinski definition) is 2. The molecule has 4 heteroatoms. The molecule has 120 valence electrons. The second kappa shape index (κ2) is 6.69. The van der Waals surface area contributed by atoms with Crippen LogP contribution in [0.1, 0.15) is 36.0 Å². The van der Waals surface area contributed by atoms with Gasteiger partial charge in [0.1, 0.15) is 11.3 Å². The molecule has 0 spiro atoms. The van der Waals surface area contributed by atoms with Crippen LogP contribution in [0.5, 0.6) is 5.75 Å². The highest BCUT2D eigenvalue weighted by Crippen LogP contribution is 2.36. The lowest BCUT2D eigenvalue weighted by atomic mass is 10.0. The Morgan fingerprint density at radius 1 is 1.17 bits per heavy atom. The van der Waals surface area contributed by atoms with Gasteiger partial charge < -0.3 is 10.4 Å². The lowest BCUT2D eigenvalue weighted by Gasteiger charge is -2.21. The molecule has 23 heavy (non-hydrogen) atoms. The van der Waals surface area contributed by atoms with Gasteiger partial charge in [-0.05, 0) is 36.9 Å². The van der Waals surface area contributed by atoms with Crippen molar-refractivity contribution in [3.8, 4) is 5.75 Å². The van der Waals surface area contributed by atoms with Crippen molar-refractivity contribution >= 4 is 22.2 Å². The molecule has 1 aromatic carbocycles. The molecule has 3 rings (SSSR count). The van der Waals surface area contributed by atoms with Crippen molar-refractivity contribution < 1.29 is 5.11 Å². The minimum Gasteiger partial charge on any atom is -0.505 e. The van der Waals surface area contributed by atoms with Crippen LogP contribution in [0.4, 0.5) is 0 Å². The summed E-state index contributed by atoms with van der Waals surface area (Å²) in [5.41, 5.74) is 2.47. The molecule has 0 aliphatic carbocycles. The molecule has 2 aromatic heterocycles. The summed E-state index contributed by atoms with van der Waals surface area (Å²) in [7, 11) is 0. The topological polar surface area (TPSA) is 45.1 Å². The summed E-state index contributed by atoms with van der Waals surface area (Å²) in [5.74, 6) is 0.821. The molecule has 3 nitrogen and oxygen atoms in total. The maximum atomic E-state index is 10.8. The van der Waals surface area contributed by atoms with E-state index in [1.165, 1.54) is 4.88 Å². The van der Waals surface area contributed by atoms with E-state index in [0.717, 1.165) is 23.2 Å². The van der Waals surface area contributed by atoms with E-state index in [2.05, 4.69) is 35.6 Å². The van der Waals surface area contributed by atoms with Crippen LogP contribution < -0.4 is 5.32 Å². The van der Waals surface area contributed by atoms with Gasteiger partial charge in [-0.1, -0.05) is 38.1 Å². The Morgan fingerprint density at radius 3 is 2.65 bits per heavy atom. The number of aromatic nitrogens is 1. The average Bonchev–Trinajstić information content (AvgIpc) is 3.04. The summed E-state index contributed by atoms with van der Waals surface area (Å²) >= 11 is 1.70. The van der Waals surface area contributed by atoms with E-state index in [1.807, 2.05) is 37.3 Å². The van der Waals surface area contributed by atoms with Crippen molar-refractivity contribution in [1.29, 1.82) is 0 Å². The first-order valence-electron chi connectivity index (χ1n) is 7.92. The number of phenolic OH excluding ortho intramolecular Hbond substituents is 1. The van der Waals surface area contributed by atoms with E-state index in [-0.39, 0.29) is 11.8 Å². The third-order valence-electron chi connectivity index (χ3n) is 3.87. The Bertz CT molecular complexity index is 796. The van der Waals surface area contributed by atoms with Gasteiger partial charge in [-0.15, -0.1) is 11.3 Å². The van der Waals surface area contributed by atoms with Gasteiger partial charge in [0.05, 0.1) is 6.04 Å². The van der Waals surface area contributed by atoms with Gasteiger partial charge in [0.15, 0.2) is 0 Å². The number of benzene rings is 1. The van der Waals surface area contributed by atoms with Crippen molar-refractivity contribution in [3.63, 3.8) is 0 Å². The molecule has 0 fully saturated rings.